The quantitative estimate of drug-likeness (QED) is 0.639. The van der Waals surface area contributed by atoms with Crippen LogP contribution in [0.4, 0.5) is 11.4 Å². The summed E-state index contributed by atoms with van der Waals surface area (Å²) in [6.45, 7) is 5.02. The molecule has 2 rings (SSSR count). The highest BCUT2D eigenvalue weighted by molar-refractivity contribution is 7.16. The van der Waals surface area contributed by atoms with Gasteiger partial charge in [-0.25, -0.2) is 4.98 Å². The maximum atomic E-state index is 11.2. The molecule has 5 nitrogen and oxygen atoms in total. The molecule has 1 aromatic heterocycles. The van der Waals surface area contributed by atoms with E-state index in [-0.39, 0.29) is 10.6 Å². The standard InChI is InChI=1S/C13H17N3O2S/c1-3-9(4-2)7-14-10-5-6-11-12(15-8-19-11)13(10)16(17)18/h5-6,8-9,14H,3-4,7H2,1-2H3. The van der Waals surface area contributed by atoms with Crippen molar-refractivity contribution in [2.24, 2.45) is 5.92 Å². The number of thiazole rings is 1. The Balaban J connectivity index is 2.31. The smallest absolute Gasteiger partial charge is 0.319 e. The number of anilines is 1. The van der Waals surface area contributed by atoms with Gasteiger partial charge in [0.25, 0.3) is 0 Å². The minimum Gasteiger partial charge on any atom is -0.379 e. The van der Waals surface area contributed by atoms with Gasteiger partial charge in [0.05, 0.1) is 15.1 Å². The molecule has 0 fully saturated rings. The van der Waals surface area contributed by atoms with Crippen molar-refractivity contribution in [2.75, 3.05) is 11.9 Å². The Bertz CT molecular complexity index is 578. The summed E-state index contributed by atoms with van der Waals surface area (Å²) in [5, 5.41) is 14.4. The number of nitro groups is 1. The average Bonchev–Trinajstić information content (AvgIpc) is 2.87. The number of hydrogen-bond acceptors (Lipinski definition) is 5. The van der Waals surface area contributed by atoms with Crippen LogP contribution in [0.15, 0.2) is 17.6 Å². The van der Waals surface area contributed by atoms with Gasteiger partial charge in [0.15, 0.2) is 5.52 Å². The molecule has 0 aliphatic heterocycles. The van der Waals surface area contributed by atoms with E-state index < -0.39 is 0 Å². The summed E-state index contributed by atoms with van der Waals surface area (Å²) in [6.07, 6.45) is 2.13. The van der Waals surface area contributed by atoms with Crippen molar-refractivity contribution in [1.82, 2.24) is 4.98 Å². The molecule has 0 aliphatic rings. The first-order chi connectivity index (χ1) is 9.17. The number of hydrogen-bond donors (Lipinski definition) is 1. The third-order valence-electron chi connectivity index (χ3n) is 3.39. The molecule has 2 aromatic rings. The van der Waals surface area contributed by atoms with Crippen LogP contribution in [0.25, 0.3) is 10.2 Å². The third kappa shape index (κ3) is 2.84. The van der Waals surface area contributed by atoms with Crippen LogP contribution in [0, 0.1) is 16.0 Å². The van der Waals surface area contributed by atoms with Crippen molar-refractivity contribution in [3.05, 3.63) is 27.8 Å². The van der Waals surface area contributed by atoms with E-state index in [1.807, 2.05) is 6.07 Å². The first kappa shape index (κ1) is 13.7. The van der Waals surface area contributed by atoms with Gasteiger partial charge in [-0.15, -0.1) is 11.3 Å². The lowest BCUT2D eigenvalue weighted by molar-refractivity contribution is -0.382. The van der Waals surface area contributed by atoms with Gasteiger partial charge in [-0.2, -0.15) is 0 Å². The van der Waals surface area contributed by atoms with Crippen LogP contribution in [-0.2, 0) is 0 Å². The molecule has 1 heterocycles. The second kappa shape index (κ2) is 5.97. The fourth-order valence-electron chi connectivity index (χ4n) is 2.08. The Morgan fingerprint density at radius 1 is 1.42 bits per heavy atom. The first-order valence-corrected chi connectivity index (χ1v) is 7.29. The maximum absolute atomic E-state index is 11.2. The number of fused-ring (bicyclic) bond motifs is 1. The second-order valence-electron chi connectivity index (χ2n) is 4.48. The van der Waals surface area contributed by atoms with Gasteiger partial charge in [-0.05, 0) is 18.1 Å². The number of nitrogens with zero attached hydrogens (tertiary/aromatic N) is 2. The molecule has 0 unspecified atom stereocenters. The predicted molar refractivity (Wildman–Crippen MR) is 78.8 cm³/mol. The van der Waals surface area contributed by atoms with Crippen LogP contribution in [0.3, 0.4) is 0 Å². The molecule has 0 saturated heterocycles. The van der Waals surface area contributed by atoms with Gasteiger partial charge in [0, 0.05) is 6.54 Å². The Hall–Kier alpha value is -1.69. The number of nitro benzene ring substituents is 1. The minimum atomic E-state index is -0.350. The Morgan fingerprint density at radius 2 is 2.16 bits per heavy atom. The lowest BCUT2D eigenvalue weighted by Gasteiger charge is -2.14. The molecule has 6 heteroatoms. The van der Waals surface area contributed by atoms with Crippen LogP contribution in [0.1, 0.15) is 26.7 Å². The molecule has 0 spiro atoms. The molecule has 0 bridgehead atoms. The highest BCUT2D eigenvalue weighted by atomic mass is 32.1. The van der Waals surface area contributed by atoms with Crippen molar-refractivity contribution in [1.29, 1.82) is 0 Å². The van der Waals surface area contributed by atoms with Crippen molar-refractivity contribution in [2.45, 2.75) is 26.7 Å². The minimum absolute atomic E-state index is 0.0877. The average molecular weight is 279 g/mol. The van der Waals surface area contributed by atoms with Crippen molar-refractivity contribution in [3.8, 4) is 0 Å². The molecule has 0 amide bonds. The molecule has 0 saturated carbocycles. The van der Waals surface area contributed by atoms with Gasteiger partial charge >= 0.3 is 5.69 Å². The lowest BCUT2D eigenvalue weighted by Crippen LogP contribution is -2.13. The zero-order valence-corrected chi connectivity index (χ0v) is 11.9. The molecular weight excluding hydrogens is 262 g/mol. The van der Waals surface area contributed by atoms with E-state index in [4.69, 9.17) is 0 Å². The van der Waals surface area contributed by atoms with Gasteiger partial charge in [0.2, 0.25) is 0 Å². The summed E-state index contributed by atoms with van der Waals surface area (Å²) in [7, 11) is 0. The molecule has 19 heavy (non-hydrogen) atoms. The molecule has 0 radical (unpaired) electrons. The van der Waals surface area contributed by atoms with Crippen LogP contribution in [0.5, 0.6) is 0 Å². The summed E-state index contributed by atoms with van der Waals surface area (Å²) in [6, 6.07) is 3.66. The largest absolute Gasteiger partial charge is 0.379 e. The van der Waals surface area contributed by atoms with Gasteiger partial charge in [-0.3, -0.25) is 10.1 Å². The van der Waals surface area contributed by atoms with E-state index in [0.717, 1.165) is 24.1 Å². The van der Waals surface area contributed by atoms with Crippen LogP contribution >= 0.6 is 11.3 Å². The zero-order chi connectivity index (χ0) is 13.8. The van der Waals surface area contributed by atoms with Crippen molar-refractivity contribution < 1.29 is 4.92 Å². The number of benzene rings is 1. The van der Waals surface area contributed by atoms with Crippen LogP contribution in [-0.4, -0.2) is 16.5 Å². The van der Waals surface area contributed by atoms with E-state index in [2.05, 4.69) is 24.1 Å². The van der Waals surface area contributed by atoms with Gasteiger partial charge < -0.3 is 5.32 Å². The summed E-state index contributed by atoms with van der Waals surface area (Å²) < 4.78 is 0.847. The lowest BCUT2D eigenvalue weighted by atomic mass is 10.0. The monoisotopic (exact) mass is 279 g/mol. The molecule has 102 valence electrons. The molecular formula is C13H17N3O2S. The van der Waals surface area contributed by atoms with E-state index in [1.54, 1.807) is 11.6 Å². The highest BCUT2D eigenvalue weighted by Gasteiger charge is 2.20. The number of aromatic nitrogens is 1. The number of nitrogens with one attached hydrogen (secondary N) is 1. The zero-order valence-electron chi connectivity index (χ0n) is 11.0. The van der Waals surface area contributed by atoms with Crippen molar-refractivity contribution >= 4 is 32.9 Å². The highest BCUT2D eigenvalue weighted by Crippen LogP contribution is 2.34. The van der Waals surface area contributed by atoms with E-state index >= 15 is 0 Å². The molecule has 0 atom stereocenters. The normalized spacial score (nSPS) is 11.1. The SMILES string of the molecule is CCC(CC)CNc1ccc2scnc2c1[N+](=O)[O-]. The van der Waals surface area contributed by atoms with E-state index in [1.165, 1.54) is 11.3 Å². The predicted octanol–water partition coefficient (Wildman–Crippen LogP) is 4.05. The van der Waals surface area contributed by atoms with E-state index in [0.29, 0.717) is 17.1 Å². The summed E-state index contributed by atoms with van der Waals surface area (Å²) in [5.41, 5.74) is 2.77. The van der Waals surface area contributed by atoms with Crippen LogP contribution < -0.4 is 5.32 Å². The third-order valence-corrected chi connectivity index (χ3v) is 4.19. The Kier molecular flexibility index (Phi) is 4.31. The molecule has 1 N–H and O–H groups in total. The van der Waals surface area contributed by atoms with Crippen molar-refractivity contribution in [3.63, 3.8) is 0 Å². The van der Waals surface area contributed by atoms with Crippen LogP contribution in [0.2, 0.25) is 0 Å². The number of rotatable bonds is 6. The van der Waals surface area contributed by atoms with E-state index in [9.17, 15) is 10.1 Å². The maximum Gasteiger partial charge on any atom is 0.319 e. The summed E-state index contributed by atoms with van der Waals surface area (Å²) >= 11 is 1.42. The summed E-state index contributed by atoms with van der Waals surface area (Å²) in [5.74, 6) is 0.533. The summed E-state index contributed by atoms with van der Waals surface area (Å²) in [4.78, 5) is 15.0. The Labute approximate surface area is 115 Å². The van der Waals surface area contributed by atoms with Gasteiger partial charge in [0.1, 0.15) is 5.69 Å². The van der Waals surface area contributed by atoms with Gasteiger partial charge in [-0.1, -0.05) is 26.7 Å². The Morgan fingerprint density at radius 3 is 2.79 bits per heavy atom. The fraction of sp³-hybridized carbons (Fsp3) is 0.462. The first-order valence-electron chi connectivity index (χ1n) is 6.41. The second-order valence-corrected chi connectivity index (χ2v) is 5.37. The topological polar surface area (TPSA) is 68.1 Å². The fourth-order valence-corrected chi connectivity index (χ4v) is 2.76. The molecule has 0 aliphatic carbocycles. The molecule has 1 aromatic carbocycles.